The van der Waals surface area contributed by atoms with Gasteiger partial charge in [-0.15, -0.1) is 0 Å². The van der Waals surface area contributed by atoms with Crippen molar-refractivity contribution in [3.63, 3.8) is 0 Å². The van der Waals surface area contributed by atoms with Crippen molar-refractivity contribution in [2.45, 2.75) is 33.3 Å². The lowest BCUT2D eigenvalue weighted by molar-refractivity contribution is 0.0534. The van der Waals surface area contributed by atoms with Crippen molar-refractivity contribution in [3.05, 3.63) is 28.8 Å². The topological polar surface area (TPSA) is 102 Å². The first-order valence-electron chi connectivity index (χ1n) is 6.69. The minimum absolute atomic E-state index is 0.0180. The Hall–Kier alpha value is -2.68. The van der Waals surface area contributed by atoms with Gasteiger partial charge in [0.25, 0.3) is 0 Å². The summed E-state index contributed by atoms with van der Waals surface area (Å²) in [6, 6.07) is 3.18. The normalized spacial score (nSPS) is 10.4. The van der Waals surface area contributed by atoms with Crippen LogP contribution < -0.4 is 11.1 Å². The second kappa shape index (κ2) is 6.85. The second-order valence-corrected chi connectivity index (χ2v) is 5.74. The zero-order valence-corrected chi connectivity index (χ0v) is 13.1. The van der Waals surface area contributed by atoms with Crippen molar-refractivity contribution in [2.75, 3.05) is 12.3 Å². The van der Waals surface area contributed by atoms with E-state index in [9.17, 15) is 9.59 Å². The fourth-order valence-electron chi connectivity index (χ4n) is 1.65. The molecule has 0 saturated carbocycles. The summed E-state index contributed by atoms with van der Waals surface area (Å²) in [5.74, 6) is 4.38. The Morgan fingerprint density at radius 2 is 2.00 bits per heavy atom. The second-order valence-electron chi connectivity index (χ2n) is 5.74. The Kier molecular flexibility index (Phi) is 5.41. The van der Waals surface area contributed by atoms with Gasteiger partial charge >= 0.3 is 12.1 Å². The molecule has 0 atom stereocenters. The van der Waals surface area contributed by atoms with Crippen LogP contribution in [0, 0.1) is 18.8 Å². The third-order valence-corrected chi connectivity index (χ3v) is 2.50. The molecule has 0 aromatic heterocycles. The van der Waals surface area contributed by atoms with E-state index in [4.69, 9.17) is 15.6 Å². The maximum atomic E-state index is 11.4. The lowest BCUT2D eigenvalue weighted by Gasteiger charge is -2.19. The van der Waals surface area contributed by atoms with Crippen LogP contribution in [0.2, 0.25) is 0 Å². The molecular formula is C16H20N2O4. The third kappa shape index (κ3) is 5.37. The lowest BCUT2D eigenvalue weighted by atomic mass is 10.0. The molecule has 1 rings (SSSR count). The number of ether oxygens (including phenoxy) is 1. The fourth-order valence-corrected chi connectivity index (χ4v) is 1.65. The highest BCUT2D eigenvalue weighted by atomic mass is 16.6. The predicted octanol–water partition coefficient (Wildman–Crippen LogP) is 2.15. The number of hydrogen-bond donors (Lipinski definition) is 3. The summed E-state index contributed by atoms with van der Waals surface area (Å²) in [4.78, 5) is 22.5. The summed E-state index contributed by atoms with van der Waals surface area (Å²) in [5.41, 5.74) is 6.51. The Bertz CT molecular complexity index is 649. The maximum Gasteiger partial charge on any atom is 0.408 e. The first-order valence-corrected chi connectivity index (χ1v) is 6.69. The fraction of sp³-hybridized carbons (Fsp3) is 0.375. The number of nitrogen functional groups attached to an aromatic ring is 1. The molecule has 118 valence electrons. The molecule has 0 bridgehead atoms. The summed E-state index contributed by atoms with van der Waals surface area (Å²) in [7, 11) is 0. The first-order chi connectivity index (χ1) is 10.1. The Morgan fingerprint density at radius 1 is 1.36 bits per heavy atom. The van der Waals surface area contributed by atoms with E-state index in [-0.39, 0.29) is 17.8 Å². The molecule has 1 aromatic rings. The van der Waals surface area contributed by atoms with Crippen LogP contribution in [0.1, 0.15) is 42.3 Å². The molecule has 0 aliphatic carbocycles. The van der Waals surface area contributed by atoms with E-state index in [2.05, 4.69) is 17.2 Å². The third-order valence-electron chi connectivity index (χ3n) is 2.50. The summed E-state index contributed by atoms with van der Waals surface area (Å²) in [5, 5.41) is 11.6. The van der Waals surface area contributed by atoms with Gasteiger partial charge in [-0.3, -0.25) is 0 Å². The maximum absolute atomic E-state index is 11.4. The first kappa shape index (κ1) is 17.4. The van der Waals surface area contributed by atoms with Crippen LogP contribution >= 0.6 is 0 Å². The zero-order valence-electron chi connectivity index (χ0n) is 13.1. The largest absolute Gasteiger partial charge is 0.478 e. The van der Waals surface area contributed by atoms with Gasteiger partial charge in [0.15, 0.2) is 0 Å². The highest BCUT2D eigenvalue weighted by molar-refractivity contribution is 5.95. The zero-order chi connectivity index (χ0) is 16.9. The number of benzene rings is 1. The molecule has 0 fully saturated rings. The summed E-state index contributed by atoms with van der Waals surface area (Å²) < 4.78 is 5.06. The monoisotopic (exact) mass is 304 g/mol. The molecule has 0 aliphatic rings. The van der Waals surface area contributed by atoms with Crippen LogP contribution in [0.5, 0.6) is 0 Å². The van der Waals surface area contributed by atoms with E-state index in [1.54, 1.807) is 33.8 Å². The molecule has 0 saturated heterocycles. The quantitative estimate of drug-likeness (QED) is 0.574. The Balaban J connectivity index is 2.77. The van der Waals surface area contributed by atoms with Gasteiger partial charge in [-0.2, -0.15) is 0 Å². The molecule has 4 N–H and O–H groups in total. The van der Waals surface area contributed by atoms with Crippen LogP contribution in [0.4, 0.5) is 10.5 Å². The number of hydrogen-bond acceptors (Lipinski definition) is 4. The predicted molar refractivity (Wildman–Crippen MR) is 83.7 cm³/mol. The number of carboxylic acids is 1. The standard InChI is InChI=1S/C16H20N2O4/c1-10-8-11(13(17)12(9-10)14(19)20)6-5-7-18-15(21)22-16(2,3)4/h8-9H,7,17H2,1-4H3,(H,18,21)(H,19,20). The molecule has 1 amide bonds. The number of aromatic carboxylic acids is 1. The Labute approximate surface area is 129 Å². The molecule has 0 unspecified atom stereocenters. The van der Waals surface area contributed by atoms with Gasteiger partial charge in [0.1, 0.15) is 5.60 Å². The van der Waals surface area contributed by atoms with Gasteiger partial charge in [-0.05, 0) is 45.4 Å². The highest BCUT2D eigenvalue weighted by Gasteiger charge is 2.15. The minimum Gasteiger partial charge on any atom is -0.478 e. The number of nitrogens with one attached hydrogen (secondary N) is 1. The molecule has 0 radical (unpaired) electrons. The van der Waals surface area contributed by atoms with Crippen molar-refractivity contribution in [1.29, 1.82) is 0 Å². The summed E-state index contributed by atoms with van der Waals surface area (Å²) in [6.07, 6.45) is -0.565. The van der Waals surface area contributed by atoms with Gasteiger partial charge in [0, 0.05) is 5.56 Å². The Morgan fingerprint density at radius 3 is 2.55 bits per heavy atom. The van der Waals surface area contributed by atoms with Gasteiger partial charge in [0.2, 0.25) is 0 Å². The van der Waals surface area contributed by atoms with Crippen LogP contribution in [-0.2, 0) is 4.74 Å². The SMILES string of the molecule is Cc1cc(C#CCNC(=O)OC(C)(C)C)c(N)c(C(=O)O)c1. The number of carbonyl (C=O) groups is 2. The molecule has 22 heavy (non-hydrogen) atoms. The van der Waals surface area contributed by atoms with Crippen LogP contribution in [0.25, 0.3) is 0 Å². The van der Waals surface area contributed by atoms with Gasteiger partial charge in [0.05, 0.1) is 17.8 Å². The number of carbonyl (C=O) groups excluding carboxylic acids is 1. The van der Waals surface area contributed by atoms with Gasteiger partial charge in [-0.25, -0.2) is 9.59 Å². The number of nitrogens with two attached hydrogens (primary N) is 1. The number of rotatable bonds is 2. The van der Waals surface area contributed by atoms with Crippen molar-refractivity contribution in [2.24, 2.45) is 0 Å². The van der Waals surface area contributed by atoms with E-state index in [0.29, 0.717) is 5.56 Å². The van der Waals surface area contributed by atoms with E-state index in [0.717, 1.165) is 5.56 Å². The number of aryl methyl sites for hydroxylation is 1. The van der Waals surface area contributed by atoms with Crippen molar-refractivity contribution < 1.29 is 19.4 Å². The average molecular weight is 304 g/mol. The number of carboxylic acid groups (broad SMARTS) is 1. The van der Waals surface area contributed by atoms with Crippen molar-refractivity contribution >= 4 is 17.7 Å². The molecule has 6 heteroatoms. The molecular weight excluding hydrogens is 284 g/mol. The van der Waals surface area contributed by atoms with E-state index in [1.165, 1.54) is 6.07 Å². The van der Waals surface area contributed by atoms with Crippen molar-refractivity contribution in [1.82, 2.24) is 5.32 Å². The van der Waals surface area contributed by atoms with E-state index >= 15 is 0 Å². The number of anilines is 1. The summed E-state index contributed by atoms with van der Waals surface area (Å²) in [6.45, 7) is 7.12. The van der Waals surface area contributed by atoms with Gasteiger partial charge in [-0.1, -0.05) is 11.8 Å². The molecule has 0 heterocycles. The number of amides is 1. The average Bonchev–Trinajstić information content (AvgIpc) is 2.35. The van der Waals surface area contributed by atoms with Crippen LogP contribution in [0.15, 0.2) is 12.1 Å². The molecule has 0 aliphatic heterocycles. The molecule has 0 spiro atoms. The smallest absolute Gasteiger partial charge is 0.408 e. The van der Waals surface area contributed by atoms with E-state index < -0.39 is 17.7 Å². The van der Waals surface area contributed by atoms with Crippen LogP contribution in [-0.4, -0.2) is 29.3 Å². The lowest BCUT2D eigenvalue weighted by Crippen LogP contribution is -2.32. The van der Waals surface area contributed by atoms with Crippen LogP contribution in [0.3, 0.4) is 0 Å². The van der Waals surface area contributed by atoms with Crippen molar-refractivity contribution in [3.8, 4) is 11.8 Å². The highest BCUT2D eigenvalue weighted by Crippen LogP contribution is 2.19. The molecule has 6 nitrogen and oxygen atoms in total. The molecule has 1 aromatic carbocycles. The minimum atomic E-state index is -1.10. The number of alkyl carbamates (subject to hydrolysis) is 1. The van der Waals surface area contributed by atoms with E-state index in [1.807, 2.05) is 0 Å². The summed E-state index contributed by atoms with van der Waals surface area (Å²) >= 11 is 0. The van der Waals surface area contributed by atoms with Gasteiger partial charge < -0.3 is 20.9 Å².